The molecule has 4 rings (SSSR count). The summed E-state index contributed by atoms with van der Waals surface area (Å²) in [5, 5.41) is 3.32. The Labute approximate surface area is 163 Å². The van der Waals surface area contributed by atoms with E-state index in [0.717, 1.165) is 28.7 Å². The van der Waals surface area contributed by atoms with Crippen LogP contribution in [0.4, 0.5) is 16.4 Å². The molecule has 2 aromatic rings. The smallest absolute Gasteiger partial charge is 0.409 e. The van der Waals surface area contributed by atoms with Gasteiger partial charge in [0.25, 0.3) is 0 Å². The number of amides is 1. The molecule has 28 heavy (non-hydrogen) atoms. The summed E-state index contributed by atoms with van der Waals surface area (Å²) < 4.78 is 15.8. The number of anilines is 2. The van der Waals surface area contributed by atoms with Gasteiger partial charge in [0, 0.05) is 38.8 Å². The first-order valence-corrected chi connectivity index (χ1v) is 9.34. The zero-order valence-corrected chi connectivity index (χ0v) is 15.8. The van der Waals surface area contributed by atoms with Gasteiger partial charge in [0.05, 0.1) is 6.61 Å². The van der Waals surface area contributed by atoms with Gasteiger partial charge in [0.15, 0.2) is 11.5 Å². The van der Waals surface area contributed by atoms with Gasteiger partial charge in [-0.3, -0.25) is 0 Å². The van der Waals surface area contributed by atoms with Gasteiger partial charge in [-0.1, -0.05) is 6.07 Å². The van der Waals surface area contributed by atoms with Crippen LogP contribution >= 0.6 is 0 Å². The maximum Gasteiger partial charge on any atom is 0.409 e. The van der Waals surface area contributed by atoms with Crippen LogP contribution in [0.3, 0.4) is 0 Å². The van der Waals surface area contributed by atoms with Crippen LogP contribution in [0, 0.1) is 0 Å². The summed E-state index contributed by atoms with van der Waals surface area (Å²) in [6.07, 6.45) is 1.30. The minimum atomic E-state index is -0.254. The molecule has 0 atom stereocenters. The Balaban J connectivity index is 1.34. The number of piperazine rings is 1. The van der Waals surface area contributed by atoms with Gasteiger partial charge in [0.1, 0.15) is 18.0 Å². The summed E-state index contributed by atoms with van der Waals surface area (Å²) in [5.74, 6) is 3.12. The molecule has 0 aliphatic carbocycles. The highest BCUT2D eigenvalue weighted by Crippen LogP contribution is 2.32. The number of fused-ring (bicyclic) bond motifs is 1. The fourth-order valence-electron chi connectivity index (χ4n) is 3.19. The number of hydrogen-bond donors (Lipinski definition) is 1. The number of aromatic nitrogens is 2. The average molecular weight is 385 g/mol. The molecule has 0 bridgehead atoms. The first-order chi connectivity index (χ1) is 13.7. The number of carbonyl (C=O) groups is 1. The van der Waals surface area contributed by atoms with E-state index in [0.29, 0.717) is 39.3 Å². The number of carbonyl (C=O) groups excluding carboxylic acids is 1. The third-order valence-electron chi connectivity index (χ3n) is 4.69. The standard InChI is InChI=1S/C19H23N5O4/c1-2-26-19(25)24-7-5-23(6-8-24)18-10-17(21-12-22-18)20-11-14-3-4-15-16(9-14)28-13-27-15/h3-4,9-10,12H,2,5-8,11,13H2,1H3,(H,20,21,22). The molecule has 0 radical (unpaired) electrons. The molecule has 0 unspecified atom stereocenters. The number of nitrogens with zero attached hydrogens (tertiary/aromatic N) is 4. The minimum Gasteiger partial charge on any atom is -0.454 e. The van der Waals surface area contributed by atoms with Crippen LogP contribution in [-0.4, -0.2) is 60.5 Å². The summed E-state index contributed by atoms with van der Waals surface area (Å²) in [4.78, 5) is 24.4. The topological polar surface area (TPSA) is 89.1 Å². The Kier molecular flexibility index (Phi) is 5.31. The maximum absolute atomic E-state index is 11.8. The predicted octanol–water partition coefficient (Wildman–Crippen LogP) is 2.10. The molecule has 1 N–H and O–H groups in total. The fraction of sp³-hybridized carbons (Fsp3) is 0.421. The van der Waals surface area contributed by atoms with E-state index in [1.165, 1.54) is 0 Å². The van der Waals surface area contributed by atoms with Crippen molar-refractivity contribution in [3.05, 3.63) is 36.2 Å². The van der Waals surface area contributed by atoms with Crippen molar-refractivity contribution in [2.45, 2.75) is 13.5 Å². The Hall–Kier alpha value is -3.23. The summed E-state index contributed by atoms with van der Waals surface area (Å²) in [5.41, 5.74) is 1.08. The van der Waals surface area contributed by atoms with Crippen LogP contribution in [0.1, 0.15) is 12.5 Å². The largest absolute Gasteiger partial charge is 0.454 e. The third-order valence-corrected chi connectivity index (χ3v) is 4.69. The number of nitrogens with one attached hydrogen (secondary N) is 1. The number of benzene rings is 1. The van der Waals surface area contributed by atoms with Crippen LogP contribution in [0.2, 0.25) is 0 Å². The van der Waals surface area contributed by atoms with E-state index in [2.05, 4.69) is 20.2 Å². The molecule has 1 aromatic heterocycles. The molecule has 2 aliphatic heterocycles. The van der Waals surface area contributed by atoms with Crippen molar-refractivity contribution in [1.29, 1.82) is 0 Å². The second-order valence-corrected chi connectivity index (χ2v) is 6.48. The van der Waals surface area contributed by atoms with Gasteiger partial charge in [-0.15, -0.1) is 0 Å². The van der Waals surface area contributed by atoms with E-state index in [4.69, 9.17) is 14.2 Å². The molecular weight excluding hydrogens is 362 g/mol. The quantitative estimate of drug-likeness (QED) is 0.837. The highest BCUT2D eigenvalue weighted by atomic mass is 16.7. The van der Waals surface area contributed by atoms with Crippen molar-refractivity contribution >= 4 is 17.7 Å². The van der Waals surface area contributed by atoms with Crippen LogP contribution in [0.5, 0.6) is 11.5 Å². The van der Waals surface area contributed by atoms with Crippen molar-refractivity contribution in [3.8, 4) is 11.5 Å². The second-order valence-electron chi connectivity index (χ2n) is 6.48. The lowest BCUT2D eigenvalue weighted by molar-refractivity contribution is 0.105. The van der Waals surface area contributed by atoms with Gasteiger partial charge in [-0.05, 0) is 24.6 Å². The van der Waals surface area contributed by atoms with Crippen molar-refractivity contribution < 1.29 is 19.0 Å². The van der Waals surface area contributed by atoms with Crippen LogP contribution < -0.4 is 19.7 Å². The molecule has 0 spiro atoms. The van der Waals surface area contributed by atoms with Crippen LogP contribution in [-0.2, 0) is 11.3 Å². The normalized spacial score (nSPS) is 15.5. The van der Waals surface area contributed by atoms with E-state index in [1.54, 1.807) is 11.2 Å². The summed E-state index contributed by atoms with van der Waals surface area (Å²) in [6, 6.07) is 7.80. The van der Waals surface area contributed by atoms with Crippen molar-refractivity contribution in [1.82, 2.24) is 14.9 Å². The Morgan fingerprint density at radius 1 is 1.14 bits per heavy atom. The first kappa shape index (κ1) is 18.1. The second kappa shape index (κ2) is 8.20. The van der Waals surface area contributed by atoms with Crippen molar-refractivity contribution in [3.63, 3.8) is 0 Å². The maximum atomic E-state index is 11.8. The van der Waals surface area contributed by atoms with E-state index in [-0.39, 0.29) is 12.9 Å². The number of ether oxygens (including phenoxy) is 3. The van der Waals surface area contributed by atoms with E-state index < -0.39 is 0 Å². The van der Waals surface area contributed by atoms with E-state index in [1.807, 2.05) is 31.2 Å². The monoisotopic (exact) mass is 385 g/mol. The van der Waals surface area contributed by atoms with Gasteiger partial charge in [0.2, 0.25) is 6.79 Å². The molecule has 9 nitrogen and oxygen atoms in total. The summed E-state index contributed by atoms with van der Waals surface area (Å²) >= 11 is 0. The van der Waals surface area contributed by atoms with Crippen molar-refractivity contribution in [2.75, 3.05) is 49.8 Å². The highest BCUT2D eigenvalue weighted by Gasteiger charge is 2.23. The molecule has 1 fully saturated rings. The third kappa shape index (κ3) is 4.03. The minimum absolute atomic E-state index is 0.254. The lowest BCUT2D eigenvalue weighted by Gasteiger charge is -2.34. The fourth-order valence-corrected chi connectivity index (χ4v) is 3.19. The average Bonchev–Trinajstić information content (AvgIpc) is 3.21. The summed E-state index contributed by atoms with van der Waals surface area (Å²) in [6.45, 7) is 5.73. The van der Waals surface area contributed by atoms with Crippen LogP contribution in [0.25, 0.3) is 0 Å². The molecule has 9 heteroatoms. The summed E-state index contributed by atoms with van der Waals surface area (Å²) in [7, 11) is 0. The van der Waals surface area contributed by atoms with Gasteiger partial charge in [-0.2, -0.15) is 0 Å². The molecule has 1 saturated heterocycles. The SMILES string of the molecule is CCOC(=O)N1CCN(c2cc(NCc3ccc4c(c3)OCO4)ncn2)CC1. The molecule has 3 heterocycles. The van der Waals surface area contributed by atoms with Crippen LogP contribution in [0.15, 0.2) is 30.6 Å². The molecule has 148 valence electrons. The molecule has 0 saturated carbocycles. The van der Waals surface area contributed by atoms with E-state index in [9.17, 15) is 4.79 Å². The van der Waals surface area contributed by atoms with Gasteiger partial charge >= 0.3 is 6.09 Å². The molecule has 1 aromatic carbocycles. The van der Waals surface area contributed by atoms with Crippen molar-refractivity contribution in [2.24, 2.45) is 0 Å². The van der Waals surface area contributed by atoms with Gasteiger partial charge in [-0.25, -0.2) is 14.8 Å². The zero-order valence-electron chi connectivity index (χ0n) is 15.8. The highest BCUT2D eigenvalue weighted by molar-refractivity contribution is 5.68. The Morgan fingerprint density at radius 3 is 2.79 bits per heavy atom. The Bertz CT molecular complexity index is 839. The predicted molar refractivity (Wildman–Crippen MR) is 103 cm³/mol. The molecular formula is C19H23N5O4. The number of hydrogen-bond acceptors (Lipinski definition) is 8. The zero-order chi connectivity index (χ0) is 19.3. The first-order valence-electron chi connectivity index (χ1n) is 9.34. The molecule has 1 amide bonds. The molecule has 2 aliphatic rings. The Morgan fingerprint density at radius 2 is 1.96 bits per heavy atom. The lowest BCUT2D eigenvalue weighted by Crippen LogP contribution is -2.49. The van der Waals surface area contributed by atoms with E-state index >= 15 is 0 Å². The van der Waals surface area contributed by atoms with Gasteiger partial charge < -0.3 is 29.3 Å². The lowest BCUT2D eigenvalue weighted by atomic mass is 10.2. The number of rotatable bonds is 5.